The number of likely N-dealkylation sites (tertiary alicyclic amines) is 1. The molecule has 1 saturated heterocycles. The maximum Gasteiger partial charge on any atom is 0.258 e. The molecule has 1 aromatic rings. The van der Waals surface area contributed by atoms with Crippen molar-refractivity contribution < 1.29 is 4.79 Å². The molecule has 2 rings (SSSR count). The molecule has 1 N–H and O–H groups in total. The van der Waals surface area contributed by atoms with E-state index in [9.17, 15) is 4.79 Å². The fourth-order valence-electron chi connectivity index (χ4n) is 2.02. The van der Waals surface area contributed by atoms with Crippen LogP contribution >= 0.6 is 12.2 Å². The highest BCUT2D eigenvalue weighted by atomic mass is 32.1. The number of pyridine rings is 1. The molecule has 1 aliphatic heterocycles. The summed E-state index contributed by atoms with van der Waals surface area (Å²) in [6.07, 6.45) is 7.96. The number of nitrogens with one attached hydrogen (secondary N) is 1. The molecule has 5 heteroatoms. The van der Waals surface area contributed by atoms with Crippen molar-refractivity contribution in [2.75, 3.05) is 13.1 Å². The molecule has 1 fully saturated rings. The second-order valence-corrected chi connectivity index (χ2v) is 4.79. The molecule has 1 aliphatic rings. The summed E-state index contributed by atoms with van der Waals surface area (Å²) in [5.41, 5.74) is 0.537. The highest BCUT2D eigenvalue weighted by Crippen LogP contribution is 2.09. The zero-order chi connectivity index (χ0) is 12.8. The van der Waals surface area contributed by atoms with Crippen LogP contribution in [-0.4, -0.2) is 34.0 Å². The number of amides is 1. The molecule has 96 valence electrons. The maximum atomic E-state index is 11.9. The van der Waals surface area contributed by atoms with Gasteiger partial charge in [0.05, 0.1) is 5.56 Å². The summed E-state index contributed by atoms with van der Waals surface area (Å²) >= 11 is 5.28. The van der Waals surface area contributed by atoms with Crippen molar-refractivity contribution in [2.45, 2.75) is 25.7 Å². The summed E-state index contributed by atoms with van der Waals surface area (Å²) in [5.74, 6) is -0.183. The van der Waals surface area contributed by atoms with Gasteiger partial charge in [-0.15, -0.1) is 0 Å². The zero-order valence-electron chi connectivity index (χ0n) is 10.3. The smallest absolute Gasteiger partial charge is 0.258 e. The van der Waals surface area contributed by atoms with Gasteiger partial charge in [0.25, 0.3) is 5.91 Å². The number of hydrogen-bond donors (Lipinski definition) is 1. The van der Waals surface area contributed by atoms with Crippen LogP contribution in [0.3, 0.4) is 0 Å². The van der Waals surface area contributed by atoms with Crippen LogP contribution in [0.5, 0.6) is 0 Å². The minimum atomic E-state index is -0.183. The van der Waals surface area contributed by atoms with Crippen molar-refractivity contribution in [3.63, 3.8) is 0 Å². The Morgan fingerprint density at radius 3 is 2.61 bits per heavy atom. The number of rotatable bonds is 1. The molecule has 0 bridgehead atoms. The van der Waals surface area contributed by atoms with Gasteiger partial charge in [-0.1, -0.05) is 12.8 Å². The highest BCUT2D eigenvalue weighted by molar-refractivity contribution is 7.80. The second-order valence-electron chi connectivity index (χ2n) is 4.40. The Morgan fingerprint density at radius 1 is 1.28 bits per heavy atom. The lowest BCUT2D eigenvalue weighted by Gasteiger charge is -2.23. The van der Waals surface area contributed by atoms with Gasteiger partial charge in [0, 0.05) is 25.5 Å². The Hall–Kier alpha value is -1.49. The quantitative estimate of drug-likeness (QED) is 0.787. The third-order valence-corrected chi connectivity index (χ3v) is 3.40. The Labute approximate surface area is 112 Å². The molecule has 0 aliphatic carbocycles. The summed E-state index contributed by atoms with van der Waals surface area (Å²) < 4.78 is 0. The summed E-state index contributed by atoms with van der Waals surface area (Å²) in [6, 6.07) is 3.47. The number of carbonyl (C=O) groups excluding carboxylic acids is 1. The third kappa shape index (κ3) is 3.50. The van der Waals surface area contributed by atoms with E-state index in [4.69, 9.17) is 12.2 Å². The normalized spacial score (nSPS) is 15.9. The van der Waals surface area contributed by atoms with Gasteiger partial charge >= 0.3 is 0 Å². The van der Waals surface area contributed by atoms with Crippen molar-refractivity contribution in [3.8, 4) is 0 Å². The summed E-state index contributed by atoms with van der Waals surface area (Å²) in [7, 11) is 0. The van der Waals surface area contributed by atoms with Crippen LogP contribution in [0.25, 0.3) is 0 Å². The number of carbonyl (C=O) groups is 1. The summed E-state index contributed by atoms with van der Waals surface area (Å²) in [5, 5.41) is 3.31. The van der Waals surface area contributed by atoms with Gasteiger partial charge in [-0.3, -0.25) is 15.1 Å². The van der Waals surface area contributed by atoms with Gasteiger partial charge in [0.2, 0.25) is 0 Å². The van der Waals surface area contributed by atoms with Crippen molar-refractivity contribution in [1.29, 1.82) is 0 Å². The van der Waals surface area contributed by atoms with Gasteiger partial charge in [0.15, 0.2) is 5.11 Å². The van der Waals surface area contributed by atoms with E-state index in [0.29, 0.717) is 10.7 Å². The van der Waals surface area contributed by atoms with Crippen LogP contribution < -0.4 is 5.32 Å². The number of nitrogens with zero attached hydrogens (tertiary/aromatic N) is 2. The Balaban J connectivity index is 1.92. The first-order chi connectivity index (χ1) is 8.77. The molecule has 0 saturated carbocycles. The van der Waals surface area contributed by atoms with E-state index in [0.717, 1.165) is 25.9 Å². The van der Waals surface area contributed by atoms with Crippen LogP contribution in [-0.2, 0) is 0 Å². The largest absolute Gasteiger partial charge is 0.349 e. The number of thiocarbonyl (C=S) groups is 1. The fraction of sp³-hybridized carbons (Fsp3) is 0.462. The lowest BCUT2D eigenvalue weighted by atomic mass is 10.2. The van der Waals surface area contributed by atoms with E-state index >= 15 is 0 Å². The standard InChI is InChI=1S/C13H17N3OS/c17-12(11-6-5-7-14-10-11)15-13(18)16-8-3-1-2-4-9-16/h5-7,10H,1-4,8-9H2,(H,15,17,18). The average Bonchev–Trinajstić information content (AvgIpc) is 2.68. The van der Waals surface area contributed by atoms with Crippen molar-refractivity contribution in [1.82, 2.24) is 15.2 Å². The second kappa shape index (κ2) is 6.44. The molecule has 0 radical (unpaired) electrons. The van der Waals surface area contributed by atoms with Gasteiger partial charge < -0.3 is 4.90 Å². The van der Waals surface area contributed by atoms with Crippen LogP contribution in [0.1, 0.15) is 36.0 Å². The summed E-state index contributed by atoms with van der Waals surface area (Å²) in [6.45, 7) is 1.87. The van der Waals surface area contributed by atoms with Crippen molar-refractivity contribution >= 4 is 23.2 Å². The molecule has 0 aromatic carbocycles. The average molecular weight is 263 g/mol. The monoisotopic (exact) mass is 263 g/mol. The number of hydrogen-bond acceptors (Lipinski definition) is 3. The molecule has 0 unspecified atom stereocenters. The molecule has 2 heterocycles. The van der Waals surface area contributed by atoms with E-state index < -0.39 is 0 Å². The molecular weight excluding hydrogens is 246 g/mol. The molecule has 0 atom stereocenters. The topological polar surface area (TPSA) is 45.2 Å². The molecule has 18 heavy (non-hydrogen) atoms. The van der Waals surface area contributed by atoms with Gasteiger partial charge in [-0.05, 0) is 37.2 Å². The van der Waals surface area contributed by atoms with Gasteiger partial charge in [-0.25, -0.2) is 0 Å². The predicted molar refractivity (Wildman–Crippen MR) is 74.3 cm³/mol. The Morgan fingerprint density at radius 2 is 2.00 bits per heavy atom. The molecule has 0 spiro atoms. The van der Waals surface area contributed by atoms with Crippen molar-refractivity contribution in [2.24, 2.45) is 0 Å². The lowest BCUT2D eigenvalue weighted by Crippen LogP contribution is -2.43. The molecule has 1 aromatic heterocycles. The zero-order valence-corrected chi connectivity index (χ0v) is 11.1. The van der Waals surface area contributed by atoms with E-state index in [2.05, 4.69) is 15.2 Å². The fourth-order valence-corrected chi connectivity index (χ4v) is 2.29. The number of aromatic nitrogens is 1. The van der Waals surface area contributed by atoms with Crippen LogP contribution in [0.2, 0.25) is 0 Å². The summed E-state index contributed by atoms with van der Waals surface area (Å²) in [4.78, 5) is 17.9. The van der Waals surface area contributed by atoms with E-state index in [-0.39, 0.29) is 5.91 Å². The first kappa shape index (κ1) is 13.0. The maximum absolute atomic E-state index is 11.9. The minimum absolute atomic E-state index is 0.183. The Kier molecular flexibility index (Phi) is 4.64. The lowest BCUT2D eigenvalue weighted by molar-refractivity contribution is 0.0973. The first-order valence-corrected chi connectivity index (χ1v) is 6.68. The van der Waals surface area contributed by atoms with E-state index in [1.165, 1.54) is 12.8 Å². The van der Waals surface area contributed by atoms with Gasteiger partial charge in [-0.2, -0.15) is 0 Å². The third-order valence-electron chi connectivity index (χ3n) is 3.04. The molecular formula is C13H17N3OS. The molecule has 4 nitrogen and oxygen atoms in total. The first-order valence-electron chi connectivity index (χ1n) is 6.27. The van der Waals surface area contributed by atoms with Crippen LogP contribution in [0.4, 0.5) is 0 Å². The highest BCUT2D eigenvalue weighted by Gasteiger charge is 2.15. The minimum Gasteiger partial charge on any atom is -0.349 e. The van der Waals surface area contributed by atoms with Crippen LogP contribution in [0.15, 0.2) is 24.5 Å². The Bertz CT molecular complexity index is 414. The molecule has 1 amide bonds. The SMILES string of the molecule is O=C(NC(=S)N1CCCCCC1)c1cccnc1. The van der Waals surface area contributed by atoms with Gasteiger partial charge in [0.1, 0.15) is 0 Å². The van der Waals surface area contributed by atoms with Crippen molar-refractivity contribution in [3.05, 3.63) is 30.1 Å². The van der Waals surface area contributed by atoms with E-state index in [1.54, 1.807) is 24.5 Å². The van der Waals surface area contributed by atoms with Crippen LogP contribution in [0, 0.1) is 0 Å². The van der Waals surface area contributed by atoms with E-state index in [1.807, 2.05) is 0 Å². The predicted octanol–water partition coefficient (Wildman–Crippen LogP) is 1.97.